The third-order valence-electron chi connectivity index (χ3n) is 7.26. The van der Waals surface area contributed by atoms with E-state index in [0.717, 1.165) is 59.3 Å². The molecule has 3 aromatic rings. The maximum Gasteiger partial charge on any atom is 0.253 e. The molecule has 2 heterocycles. The Morgan fingerprint density at radius 2 is 1.66 bits per heavy atom. The number of hydrogen-bond donors (Lipinski definition) is 0. The van der Waals surface area contributed by atoms with Crippen LogP contribution in [0, 0.1) is 20.8 Å². The Labute approximate surface area is 224 Å². The average molecular weight is 517 g/mol. The highest BCUT2D eigenvalue weighted by atomic mass is 16.7. The second kappa shape index (κ2) is 11.4. The first-order valence-corrected chi connectivity index (χ1v) is 13.3. The first-order chi connectivity index (χ1) is 18.4. The van der Waals surface area contributed by atoms with Gasteiger partial charge in [0.05, 0.1) is 6.61 Å². The van der Waals surface area contributed by atoms with E-state index in [9.17, 15) is 4.79 Å². The molecule has 2 aliphatic heterocycles. The molecule has 7 heteroatoms. The molecule has 1 saturated heterocycles. The fraction of sp³-hybridized carbons (Fsp3) is 0.387. The number of hydrogen-bond acceptors (Lipinski definition) is 6. The first-order valence-electron chi connectivity index (χ1n) is 13.3. The van der Waals surface area contributed by atoms with Crippen molar-refractivity contribution in [3.8, 4) is 23.0 Å². The predicted molar refractivity (Wildman–Crippen MR) is 146 cm³/mol. The molecule has 1 amide bonds. The van der Waals surface area contributed by atoms with E-state index < -0.39 is 0 Å². The van der Waals surface area contributed by atoms with Gasteiger partial charge in [-0.05, 0) is 86.3 Å². The quantitative estimate of drug-likeness (QED) is 0.406. The predicted octanol–water partition coefficient (Wildman–Crippen LogP) is 5.28. The lowest BCUT2D eigenvalue weighted by molar-refractivity contribution is 0.0628. The van der Waals surface area contributed by atoms with Gasteiger partial charge in [0.25, 0.3) is 5.91 Å². The van der Waals surface area contributed by atoms with Gasteiger partial charge in [-0.15, -0.1) is 0 Å². The molecule has 0 atom stereocenters. The molecule has 0 aromatic heterocycles. The van der Waals surface area contributed by atoms with E-state index >= 15 is 0 Å². The molecule has 0 saturated carbocycles. The number of benzene rings is 3. The van der Waals surface area contributed by atoms with Gasteiger partial charge < -0.3 is 23.8 Å². The summed E-state index contributed by atoms with van der Waals surface area (Å²) in [5.74, 6) is 3.26. The summed E-state index contributed by atoms with van der Waals surface area (Å²) >= 11 is 0. The number of amides is 1. The van der Waals surface area contributed by atoms with Crippen molar-refractivity contribution in [3.63, 3.8) is 0 Å². The van der Waals surface area contributed by atoms with E-state index in [0.29, 0.717) is 31.9 Å². The van der Waals surface area contributed by atoms with Crippen molar-refractivity contribution in [3.05, 3.63) is 81.9 Å². The van der Waals surface area contributed by atoms with Crippen LogP contribution in [-0.4, -0.2) is 55.3 Å². The first kappa shape index (κ1) is 25.9. The van der Waals surface area contributed by atoms with Crippen LogP contribution in [0.1, 0.15) is 45.1 Å². The highest BCUT2D eigenvalue weighted by Gasteiger charge is 2.24. The van der Waals surface area contributed by atoms with Gasteiger partial charge in [-0.25, -0.2) is 0 Å². The second-order valence-electron chi connectivity index (χ2n) is 10.0. The van der Waals surface area contributed by atoms with Crippen LogP contribution >= 0.6 is 0 Å². The Morgan fingerprint density at radius 1 is 0.868 bits per heavy atom. The normalized spacial score (nSPS) is 15.0. The molecule has 0 N–H and O–H groups in total. The average Bonchev–Trinajstić information content (AvgIpc) is 3.39. The highest BCUT2D eigenvalue weighted by molar-refractivity contribution is 5.94. The van der Waals surface area contributed by atoms with Crippen LogP contribution < -0.4 is 18.9 Å². The molecule has 3 aromatic carbocycles. The van der Waals surface area contributed by atoms with Gasteiger partial charge >= 0.3 is 0 Å². The van der Waals surface area contributed by atoms with Crippen molar-refractivity contribution in [1.82, 2.24) is 9.80 Å². The highest BCUT2D eigenvalue weighted by Crippen LogP contribution is 2.33. The standard InChI is InChI=1S/C31H36N2O5/c1-5-35-27-9-7-25(17-26(27)19-36-29-15-21(2)14-22(3)23(29)4)31(34)33-12-10-32(11-13-33)18-24-6-8-28-30(16-24)38-20-37-28/h6-9,14-17H,5,10-13,18-20H2,1-4H3. The van der Waals surface area contributed by atoms with E-state index in [1.807, 2.05) is 42.2 Å². The minimum Gasteiger partial charge on any atom is -0.493 e. The summed E-state index contributed by atoms with van der Waals surface area (Å²) in [4.78, 5) is 17.7. The molecule has 0 unspecified atom stereocenters. The molecule has 0 spiro atoms. The molecule has 38 heavy (non-hydrogen) atoms. The zero-order valence-electron chi connectivity index (χ0n) is 22.7. The molecule has 0 bridgehead atoms. The van der Waals surface area contributed by atoms with E-state index in [4.69, 9.17) is 18.9 Å². The summed E-state index contributed by atoms with van der Waals surface area (Å²) in [6.07, 6.45) is 0. The summed E-state index contributed by atoms with van der Waals surface area (Å²) in [5, 5.41) is 0. The number of carbonyl (C=O) groups is 1. The van der Waals surface area contributed by atoms with Gasteiger partial charge in [0.2, 0.25) is 6.79 Å². The minimum absolute atomic E-state index is 0.0413. The Morgan fingerprint density at radius 3 is 2.45 bits per heavy atom. The molecule has 1 fully saturated rings. The molecule has 7 nitrogen and oxygen atoms in total. The number of carbonyl (C=O) groups excluding carboxylic acids is 1. The summed E-state index contributed by atoms with van der Waals surface area (Å²) in [7, 11) is 0. The second-order valence-corrected chi connectivity index (χ2v) is 10.0. The van der Waals surface area contributed by atoms with Gasteiger partial charge in [0.1, 0.15) is 18.1 Å². The van der Waals surface area contributed by atoms with E-state index in [2.05, 4.69) is 43.9 Å². The fourth-order valence-corrected chi connectivity index (χ4v) is 5.02. The number of aryl methyl sites for hydroxylation is 2. The molecule has 5 rings (SSSR count). The maximum atomic E-state index is 13.4. The van der Waals surface area contributed by atoms with E-state index in [1.165, 1.54) is 11.1 Å². The van der Waals surface area contributed by atoms with E-state index in [-0.39, 0.29) is 12.7 Å². The fourth-order valence-electron chi connectivity index (χ4n) is 5.02. The van der Waals surface area contributed by atoms with Crippen molar-refractivity contribution in [2.45, 2.75) is 40.8 Å². The lowest BCUT2D eigenvalue weighted by Gasteiger charge is -2.35. The zero-order valence-corrected chi connectivity index (χ0v) is 22.7. The van der Waals surface area contributed by atoms with E-state index in [1.54, 1.807) is 0 Å². The minimum atomic E-state index is 0.0413. The lowest BCUT2D eigenvalue weighted by Crippen LogP contribution is -2.48. The third kappa shape index (κ3) is 5.73. The molecule has 0 aliphatic carbocycles. The topological polar surface area (TPSA) is 60.5 Å². The largest absolute Gasteiger partial charge is 0.493 e. The number of ether oxygens (including phenoxy) is 4. The summed E-state index contributed by atoms with van der Waals surface area (Å²) in [5.41, 5.74) is 6.20. The molecule has 0 radical (unpaired) electrons. The number of nitrogens with zero attached hydrogens (tertiary/aromatic N) is 2. The summed E-state index contributed by atoms with van der Waals surface area (Å²) < 4.78 is 23.0. The Kier molecular flexibility index (Phi) is 7.74. The Balaban J connectivity index is 1.23. The maximum absolute atomic E-state index is 13.4. The van der Waals surface area contributed by atoms with Crippen molar-refractivity contribution < 1.29 is 23.7 Å². The summed E-state index contributed by atoms with van der Waals surface area (Å²) in [6.45, 7) is 13.2. The molecule has 200 valence electrons. The van der Waals surface area contributed by atoms with Gasteiger partial charge in [-0.2, -0.15) is 0 Å². The van der Waals surface area contributed by atoms with Crippen LogP contribution in [0.15, 0.2) is 48.5 Å². The third-order valence-corrected chi connectivity index (χ3v) is 7.26. The van der Waals surface area contributed by atoms with Crippen molar-refractivity contribution >= 4 is 5.91 Å². The molecular formula is C31H36N2O5. The summed E-state index contributed by atoms with van der Waals surface area (Å²) in [6, 6.07) is 16.0. The smallest absolute Gasteiger partial charge is 0.253 e. The van der Waals surface area contributed by atoms with Crippen molar-refractivity contribution in [2.75, 3.05) is 39.6 Å². The van der Waals surface area contributed by atoms with Gasteiger partial charge in [-0.3, -0.25) is 9.69 Å². The van der Waals surface area contributed by atoms with Crippen molar-refractivity contribution in [1.29, 1.82) is 0 Å². The van der Waals surface area contributed by atoms with Crippen molar-refractivity contribution in [2.24, 2.45) is 0 Å². The SMILES string of the molecule is CCOc1ccc(C(=O)N2CCN(Cc3ccc4c(c3)OCO4)CC2)cc1COc1cc(C)cc(C)c1C. The number of rotatable bonds is 8. The van der Waals surface area contributed by atoms with Crippen LogP contribution in [0.2, 0.25) is 0 Å². The van der Waals surface area contributed by atoms with Crippen LogP contribution in [0.4, 0.5) is 0 Å². The van der Waals surface area contributed by atoms with Crippen LogP contribution in [0.5, 0.6) is 23.0 Å². The monoisotopic (exact) mass is 516 g/mol. The zero-order chi connectivity index (χ0) is 26.6. The lowest BCUT2D eigenvalue weighted by atomic mass is 10.1. The van der Waals surface area contributed by atoms with Crippen LogP contribution in [0.25, 0.3) is 0 Å². The van der Waals surface area contributed by atoms with Gasteiger partial charge in [0.15, 0.2) is 11.5 Å². The molecular weight excluding hydrogens is 480 g/mol. The molecule has 2 aliphatic rings. The Bertz CT molecular complexity index is 1310. The van der Waals surface area contributed by atoms with Crippen LogP contribution in [0.3, 0.4) is 0 Å². The van der Waals surface area contributed by atoms with Crippen LogP contribution in [-0.2, 0) is 13.2 Å². The number of piperazine rings is 1. The van der Waals surface area contributed by atoms with Gasteiger partial charge in [0, 0.05) is 43.9 Å². The Hall–Kier alpha value is -3.71. The van der Waals surface area contributed by atoms with Gasteiger partial charge in [-0.1, -0.05) is 12.1 Å². The number of fused-ring (bicyclic) bond motifs is 1.